The molecule has 0 aliphatic heterocycles. The molecule has 8 heteroatoms. The van der Waals surface area contributed by atoms with Gasteiger partial charge in [0.05, 0.1) is 12.2 Å². The largest absolute Gasteiger partial charge is 0.508 e. The van der Waals surface area contributed by atoms with Gasteiger partial charge in [0.1, 0.15) is 18.1 Å². The highest BCUT2D eigenvalue weighted by molar-refractivity contribution is 5.97. The summed E-state index contributed by atoms with van der Waals surface area (Å²) in [5.41, 5.74) is -0.171. The SMILES string of the molecule is O=C(NCCOCC(F)(F)F)c1cc(O)ccc1O. The summed E-state index contributed by atoms with van der Waals surface area (Å²) in [6, 6.07) is 3.37. The van der Waals surface area contributed by atoms with Gasteiger partial charge >= 0.3 is 6.18 Å². The zero-order valence-electron chi connectivity index (χ0n) is 9.70. The number of amides is 1. The van der Waals surface area contributed by atoms with Crippen LogP contribution in [0.25, 0.3) is 0 Å². The lowest BCUT2D eigenvalue weighted by Crippen LogP contribution is -2.28. The molecule has 1 aromatic carbocycles. The van der Waals surface area contributed by atoms with Gasteiger partial charge < -0.3 is 20.3 Å². The van der Waals surface area contributed by atoms with Gasteiger partial charge in [0, 0.05) is 6.54 Å². The highest BCUT2D eigenvalue weighted by atomic mass is 19.4. The second-order valence-corrected chi connectivity index (χ2v) is 3.63. The van der Waals surface area contributed by atoms with Crippen LogP contribution in [-0.4, -0.2) is 42.1 Å². The molecule has 19 heavy (non-hydrogen) atoms. The summed E-state index contributed by atoms with van der Waals surface area (Å²) in [6.45, 7) is -1.85. The molecule has 0 unspecified atom stereocenters. The Morgan fingerprint density at radius 3 is 2.63 bits per heavy atom. The van der Waals surface area contributed by atoms with Crippen molar-refractivity contribution in [2.75, 3.05) is 19.8 Å². The highest BCUT2D eigenvalue weighted by Gasteiger charge is 2.27. The van der Waals surface area contributed by atoms with Gasteiger partial charge in [0.2, 0.25) is 0 Å². The summed E-state index contributed by atoms with van der Waals surface area (Å²) in [4.78, 5) is 11.5. The first-order chi connectivity index (χ1) is 8.79. The summed E-state index contributed by atoms with van der Waals surface area (Å²) in [7, 11) is 0. The molecule has 0 aromatic heterocycles. The van der Waals surface area contributed by atoms with E-state index in [-0.39, 0.29) is 30.2 Å². The topological polar surface area (TPSA) is 78.8 Å². The molecule has 1 rings (SSSR count). The van der Waals surface area contributed by atoms with E-state index in [0.29, 0.717) is 0 Å². The first-order valence-electron chi connectivity index (χ1n) is 5.24. The van der Waals surface area contributed by atoms with Gasteiger partial charge in [-0.05, 0) is 18.2 Å². The average Bonchev–Trinajstić information content (AvgIpc) is 2.30. The molecular formula is C11H12F3NO4. The number of phenolic OH excluding ortho intramolecular Hbond substituents is 2. The zero-order chi connectivity index (χ0) is 14.5. The van der Waals surface area contributed by atoms with Gasteiger partial charge in [-0.2, -0.15) is 13.2 Å². The van der Waals surface area contributed by atoms with Gasteiger partial charge in [-0.1, -0.05) is 0 Å². The van der Waals surface area contributed by atoms with E-state index in [4.69, 9.17) is 5.11 Å². The van der Waals surface area contributed by atoms with E-state index < -0.39 is 18.7 Å². The summed E-state index contributed by atoms with van der Waals surface area (Å²) in [5, 5.41) is 20.8. The van der Waals surface area contributed by atoms with Crippen molar-refractivity contribution in [3.63, 3.8) is 0 Å². The van der Waals surface area contributed by atoms with Crippen LogP contribution in [0.2, 0.25) is 0 Å². The molecule has 0 spiro atoms. The van der Waals surface area contributed by atoms with Crippen molar-refractivity contribution in [2.45, 2.75) is 6.18 Å². The Hall–Kier alpha value is -1.96. The standard InChI is InChI=1S/C11H12F3NO4/c12-11(13,14)6-19-4-3-15-10(18)8-5-7(16)1-2-9(8)17/h1-2,5,16-17H,3-4,6H2,(H,15,18). The number of rotatable bonds is 5. The van der Waals surface area contributed by atoms with Gasteiger partial charge in [0.15, 0.2) is 0 Å². The molecule has 0 atom stereocenters. The van der Waals surface area contributed by atoms with E-state index in [9.17, 15) is 23.1 Å². The van der Waals surface area contributed by atoms with Crippen molar-refractivity contribution in [3.8, 4) is 11.5 Å². The van der Waals surface area contributed by atoms with Gasteiger partial charge in [-0.3, -0.25) is 4.79 Å². The first-order valence-corrected chi connectivity index (χ1v) is 5.24. The van der Waals surface area contributed by atoms with E-state index in [1.807, 2.05) is 0 Å². The second kappa shape index (κ2) is 6.28. The Morgan fingerprint density at radius 1 is 1.32 bits per heavy atom. The molecule has 0 saturated heterocycles. The number of nitrogens with one attached hydrogen (secondary N) is 1. The third-order valence-corrected chi connectivity index (χ3v) is 2.02. The highest BCUT2D eigenvalue weighted by Crippen LogP contribution is 2.21. The number of hydrogen-bond donors (Lipinski definition) is 3. The smallest absolute Gasteiger partial charge is 0.411 e. The minimum absolute atomic E-state index is 0.149. The third-order valence-electron chi connectivity index (χ3n) is 2.02. The minimum atomic E-state index is -4.41. The molecule has 0 bridgehead atoms. The van der Waals surface area contributed by atoms with Crippen LogP contribution in [0, 0.1) is 0 Å². The summed E-state index contributed by atoms with van der Waals surface area (Å²) in [5.74, 6) is -1.27. The minimum Gasteiger partial charge on any atom is -0.508 e. The fraction of sp³-hybridized carbons (Fsp3) is 0.364. The Balaban J connectivity index is 2.38. The number of phenols is 2. The molecule has 106 valence electrons. The second-order valence-electron chi connectivity index (χ2n) is 3.63. The zero-order valence-corrected chi connectivity index (χ0v) is 9.70. The predicted octanol–water partition coefficient (Wildman–Crippen LogP) is 1.41. The Labute approximate surface area is 106 Å². The van der Waals surface area contributed by atoms with E-state index in [1.54, 1.807) is 0 Å². The van der Waals surface area contributed by atoms with Crippen molar-refractivity contribution in [1.29, 1.82) is 0 Å². The average molecular weight is 279 g/mol. The molecule has 0 aliphatic carbocycles. The lowest BCUT2D eigenvalue weighted by molar-refractivity contribution is -0.173. The van der Waals surface area contributed by atoms with Crippen LogP contribution in [-0.2, 0) is 4.74 Å². The van der Waals surface area contributed by atoms with E-state index >= 15 is 0 Å². The quantitative estimate of drug-likeness (QED) is 0.562. The maximum absolute atomic E-state index is 11.7. The van der Waals surface area contributed by atoms with Gasteiger partial charge in [0.25, 0.3) is 5.91 Å². The molecule has 0 fully saturated rings. The molecule has 1 aromatic rings. The Bertz CT molecular complexity index is 448. The van der Waals surface area contributed by atoms with Crippen LogP contribution in [0.4, 0.5) is 13.2 Å². The predicted molar refractivity (Wildman–Crippen MR) is 59.0 cm³/mol. The van der Waals surface area contributed by atoms with Crippen LogP contribution < -0.4 is 5.32 Å². The first kappa shape index (κ1) is 15.1. The van der Waals surface area contributed by atoms with E-state index in [2.05, 4.69) is 10.1 Å². The Kier molecular flexibility index (Phi) is 4.99. The molecule has 0 heterocycles. The van der Waals surface area contributed by atoms with Gasteiger partial charge in [-0.15, -0.1) is 0 Å². The number of alkyl halides is 3. The van der Waals surface area contributed by atoms with Crippen molar-refractivity contribution < 1.29 is 32.9 Å². The number of halogens is 3. The Morgan fingerprint density at radius 2 is 2.00 bits per heavy atom. The van der Waals surface area contributed by atoms with E-state index in [0.717, 1.165) is 12.1 Å². The maximum atomic E-state index is 11.7. The number of benzene rings is 1. The lowest BCUT2D eigenvalue weighted by atomic mass is 10.2. The number of hydrogen-bond acceptors (Lipinski definition) is 4. The van der Waals surface area contributed by atoms with Crippen LogP contribution in [0.5, 0.6) is 11.5 Å². The van der Waals surface area contributed by atoms with Crippen molar-refractivity contribution in [3.05, 3.63) is 23.8 Å². The molecule has 0 radical (unpaired) electrons. The summed E-state index contributed by atoms with van der Waals surface area (Å²) >= 11 is 0. The van der Waals surface area contributed by atoms with Crippen molar-refractivity contribution >= 4 is 5.91 Å². The monoisotopic (exact) mass is 279 g/mol. The maximum Gasteiger partial charge on any atom is 0.411 e. The third kappa shape index (κ3) is 5.47. The van der Waals surface area contributed by atoms with Crippen LogP contribution in [0.1, 0.15) is 10.4 Å². The van der Waals surface area contributed by atoms with Crippen molar-refractivity contribution in [2.24, 2.45) is 0 Å². The molecule has 5 nitrogen and oxygen atoms in total. The normalized spacial score (nSPS) is 11.3. The molecule has 0 aliphatic rings. The number of ether oxygens (including phenoxy) is 1. The fourth-order valence-electron chi connectivity index (χ4n) is 1.23. The van der Waals surface area contributed by atoms with Gasteiger partial charge in [-0.25, -0.2) is 0 Å². The molecular weight excluding hydrogens is 267 g/mol. The number of carbonyl (C=O) groups excluding carboxylic acids is 1. The molecule has 0 saturated carbocycles. The van der Waals surface area contributed by atoms with Crippen LogP contribution in [0.15, 0.2) is 18.2 Å². The van der Waals surface area contributed by atoms with E-state index in [1.165, 1.54) is 6.07 Å². The number of aromatic hydroxyl groups is 2. The summed E-state index contributed by atoms with van der Waals surface area (Å²) in [6.07, 6.45) is -4.41. The molecule has 3 N–H and O–H groups in total. The van der Waals surface area contributed by atoms with Crippen molar-refractivity contribution in [1.82, 2.24) is 5.32 Å². The lowest BCUT2D eigenvalue weighted by Gasteiger charge is -2.09. The summed E-state index contributed by atoms with van der Waals surface area (Å²) < 4.78 is 39.5. The van der Waals surface area contributed by atoms with Crippen LogP contribution in [0.3, 0.4) is 0 Å². The molecule has 1 amide bonds. The fourth-order valence-corrected chi connectivity index (χ4v) is 1.23. The number of carbonyl (C=O) groups is 1. The van der Waals surface area contributed by atoms with Crippen LogP contribution >= 0.6 is 0 Å².